The number of halogens is 1. The molecule has 0 atom stereocenters. The molecule has 2 fully saturated rings. The third kappa shape index (κ3) is 6.60. The lowest BCUT2D eigenvalue weighted by atomic mass is 9.93. The molecule has 1 aromatic carbocycles. The smallest absolute Gasteiger partial charge is 0.335 e. The molecule has 12 heteroatoms. The Morgan fingerprint density at radius 3 is 2.69 bits per heavy atom. The second-order valence-electron chi connectivity index (χ2n) is 12.1. The van der Waals surface area contributed by atoms with Crippen molar-refractivity contribution in [2.75, 3.05) is 13.1 Å². The molecule has 0 unspecified atom stereocenters. The number of pyridine rings is 1. The number of carbonyl (C=O) groups is 1. The van der Waals surface area contributed by atoms with Gasteiger partial charge in [0.2, 0.25) is 11.8 Å². The van der Waals surface area contributed by atoms with Crippen LogP contribution in [0.2, 0.25) is 5.02 Å². The predicted octanol–water partition coefficient (Wildman–Crippen LogP) is 5.95. The van der Waals surface area contributed by atoms with Gasteiger partial charge in [-0.05, 0) is 87.4 Å². The van der Waals surface area contributed by atoms with E-state index in [1.54, 1.807) is 24.4 Å². The van der Waals surface area contributed by atoms with E-state index in [1.165, 1.54) is 18.4 Å². The van der Waals surface area contributed by atoms with Gasteiger partial charge in [0, 0.05) is 25.4 Å². The Morgan fingerprint density at radius 1 is 1.09 bits per heavy atom. The van der Waals surface area contributed by atoms with Crippen molar-refractivity contribution in [2.45, 2.75) is 71.2 Å². The van der Waals surface area contributed by atoms with Crippen molar-refractivity contribution in [3.8, 4) is 5.88 Å². The first-order valence-electron chi connectivity index (χ1n) is 15.6. The van der Waals surface area contributed by atoms with E-state index in [0.717, 1.165) is 67.2 Å². The van der Waals surface area contributed by atoms with Crippen LogP contribution in [0.15, 0.2) is 53.6 Å². The van der Waals surface area contributed by atoms with Crippen LogP contribution in [0.25, 0.3) is 11.0 Å². The number of likely N-dealkylation sites (tertiary alicyclic amines) is 1. The molecule has 5 aromatic rings. The molecule has 1 saturated heterocycles. The number of benzene rings is 1. The summed E-state index contributed by atoms with van der Waals surface area (Å²) in [6.07, 6.45) is 12.6. The molecule has 1 aliphatic heterocycles. The molecule has 234 valence electrons. The van der Waals surface area contributed by atoms with Gasteiger partial charge in [-0.25, -0.2) is 24.7 Å². The maximum absolute atomic E-state index is 11.7. The summed E-state index contributed by atoms with van der Waals surface area (Å²) in [5, 5.41) is 10.1. The van der Waals surface area contributed by atoms with Crippen LogP contribution in [0.3, 0.4) is 0 Å². The first-order valence-corrected chi connectivity index (χ1v) is 16.0. The molecular weight excluding hydrogens is 594 g/mol. The highest BCUT2D eigenvalue weighted by atomic mass is 35.5. The summed E-state index contributed by atoms with van der Waals surface area (Å²) in [5.41, 5.74) is 4.10. The van der Waals surface area contributed by atoms with Crippen molar-refractivity contribution >= 4 is 28.6 Å². The lowest BCUT2D eigenvalue weighted by Crippen LogP contribution is -2.34. The number of rotatable bonds is 12. The van der Waals surface area contributed by atoms with E-state index >= 15 is 0 Å². The Kier molecular flexibility index (Phi) is 8.29. The molecule has 0 spiro atoms. The van der Waals surface area contributed by atoms with Crippen molar-refractivity contribution in [2.24, 2.45) is 5.92 Å². The van der Waals surface area contributed by atoms with Crippen molar-refractivity contribution < 1.29 is 19.1 Å². The van der Waals surface area contributed by atoms with Crippen LogP contribution >= 0.6 is 11.6 Å². The topological polar surface area (TPSA) is 124 Å². The summed E-state index contributed by atoms with van der Waals surface area (Å²) in [4.78, 5) is 32.2. The summed E-state index contributed by atoms with van der Waals surface area (Å²) in [5.74, 6) is 2.83. The minimum Gasteiger partial charge on any atom is -0.478 e. The molecular formula is C33H36ClN7O4. The van der Waals surface area contributed by atoms with Gasteiger partial charge in [-0.15, -0.1) is 0 Å². The molecule has 7 rings (SSSR count). The van der Waals surface area contributed by atoms with E-state index in [4.69, 9.17) is 25.7 Å². The maximum atomic E-state index is 11.7. The molecule has 0 amide bonds. The maximum Gasteiger partial charge on any atom is 0.335 e. The normalized spacial score (nSPS) is 16.0. The van der Waals surface area contributed by atoms with Crippen LogP contribution in [0, 0.1) is 5.92 Å². The number of ether oxygens (including phenoxy) is 1. The number of hydrogen-bond donors (Lipinski definition) is 1. The van der Waals surface area contributed by atoms with Gasteiger partial charge in [0.1, 0.15) is 16.6 Å². The van der Waals surface area contributed by atoms with Gasteiger partial charge in [0.15, 0.2) is 6.61 Å². The largest absolute Gasteiger partial charge is 0.478 e. The Bertz CT molecular complexity index is 1820. The summed E-state index contributed by atoms with van der Waals surface area (Å²) in [7, 11) is 0. The number of oxazole rings is 1. The minimum atomic E-state index is -0.946. The van der Waals surface area contributed by atoms with Gasteiger partial charge in [-0.1, -0.05) is 11.6 Å². The van der Waals surface area contributed by atoms with E-state index in [2.05, 4.69) is 35.9 Å². The molecule has 1 N–H and O–H groups in total. The second-order valence-corrected chi connectivity index (χ2v) is 12.5. The van der Waals surface area contributed by atoms with Crippen LogP contribution in [0.4, 0.5) is 0 Å². The fourth-order valence-corrected chi connectivity index (χ4v) is 6.42. The predicted molar refractivity (Wildman–Crippen MR) is 167 cm³/mol. The molecule has 4 aromatic heterocycles. The quantitative estimate of drug-likeness (QED) is 0.178. The Hall–Kier alpha value is -4.22. The first-order chi connectivity index (χ1) is 21.9. The second kappa shape index (κ2) is 12.6. The number of piperidine rings is 1. The average molecular weight is 630 g/mol. The molecule has 45 heavy (non-hydrogen) atoms. The van der Waals surface area contributed by atoms with Crippen molar-refractivity contribution in [3.63, 3.8) is 0 Å². The number of carboxylic acids is 1. The number of aromatic carboxylic acids is 1. The van der Waals surface area contributed by atoms with Crippen LogP contribution in [0.1, 0.15) is 77.6 Å². The Morgan fingerprint density at radius 2 is 1.93 bits per heavy atom. The molecule has 11 nitrogen and oxygen atoms in total. The van der Waals surface area contributed by atoms with Crippen LogP contribution < -0.4 is 4.74 Å². The molecule has 1 saturated carbocycles. The summed E-state index contributed by atoms with van der Waals surface area (Å²) < 4.78 is 16.0. The van der Waals surface area contributed by atoms with E-state index in [1.807, 2.05) is 24.8 Å². The molecule has 5 heterocycles. The first kappa shape index (κ1) is 29.5. The van der Waals surface area contributed by atoms with E-state index < -0.39 is 5.97 Å². The fourth-order valence-electron chi connectivity index (χ4n) is 6.19. The molecule has 2 aliphatic rings. The van der Waals surface area contributed by atoms with Crippen LogP contribution in [0.5, 0.6) is 5.88 Å². The third-order valence-corrected chi connectivity index (χ3v) is 9.18. The standard InChI is InChI=1S/C33H36ClN7O4/c1-2-40-20-35-15-25(40)17-41-29-13-23(33(42)43)5-6-28(29)38-30(41)18-39-9-7-21(8-10-39)11-26-16-36-31(45-26)19-44-32-27(34)12-24(14-37-32)22-3-4-22/h5-6,12-16,20-22H,2-4,7-11,17-19H2,1H3,(H,42,43). The van der Waals surface area contributed by atoms with Gasteiger partial charge in [0.25, 0.3) is 0 Å². The summed E-state index contributed by atoms with van der Waals surface area (Å²) in [6, 6.07) is 7.09. The van der Waals surface area contributed by atoms with E-state index in [9.17, 15) is 9.90 Å². The number of carboxylic acid groups (broad SMARTS) is 1. The number of nitrogens with zero attached hydrogens (tertiary/aromatic N) is 7. The van der Waals surface area contributed by atoms with E-state index in [-0.39, 0.29) is 12.2 Å². The van der Waals surface area contributed by atoms with Crippen molar-refractivity contribution in [1.29, 1.82) is 0 Å². The van der Waals surface area contributed by atoms with Crippen LogP contribution in [-0.4, -0.2) is 58.1 Å². The monoisotopic (exact) mass is 629 g/mol. The molecule has 0 radical (unpaired) electrons. The number of aromatic nitrogens is 6. The number of hydrogen-bond acceptors (Lipinski definition) is 8. The lowest BCUT2D eigenvalue weighted by molar-refractivity contribution is 0.0697. The highest BCUT2D eigenvalue weighted by molar-refractivity contribution is 6.31. The average Bonchev–Trinajstić information content (AvgIpc) is 3.48. The zero-order chi connectivity index (χ0) is 30.9. The van der Waals surface area contributed by atoms with Gasteiger partial charge >= 0.3 is 5.97 Å². The van der Waals surface area contributed by atoms with Gasteiger partial charge in [-0.3, -0.25) is 4.90 Å². The summed E-state index contributed by atoms with van der Waals surface area (Å²) >= 11 is 6.38. The molecule has 0 bridgehead atoms. The van der Waals surface area contributed by atoms with Gasteiger partial charge in [0.05, 0.1) is 47.9 Å². The van der Waals surface area contributed by atoms with E-state index in [0.29, 0.717) is 41.7 Å². The lowest BCUT2D eigenvalue weighted by Gasteiger charge is -2.31. The van der Waals surface area contributed by atoms with Gasteiger partial charge < -0.3 is 23.4 Å². The minimum absolute atomic E-state index is 0.182. The fraction of sp³-hybridized carbons (Fsp3) is 0.424. The SMILES string of the molecule is CCn1cncc1Cn1c(CN2CCC(Cc3cnc(COc4ncc(C5CC5)cc4Cl)o3)CC2)nc2ccc(C(=O)O)cc21. The highest BCUT2D eigenvalue weighted by Gasteiger charge is 2.26. The Balaban J connectivity index is 0.965. The third-order valence-electron chi connectivity index (χ3n) is 8.91. The van der Waals surface area contributed by atoms with Crippen molar-refractivity contribution in [1.82, 2.24) is 34.0 Å². The zero-order valence-electron chi connectivity index (χ0n) is 25.2. The number of imidazole rings is 2. The van der Waals surface area contributed by atoms with Gasteiger partial charge in [-0.2, -0.15) is 0 Å². The zero-order valence-corrected chi connectivity index (χ0v) is 26.0. The Labute approximate surface area is 265 Å². The van der Waals surface area contributed by atoms with Crippen molar-refractivity contribution in [3.05, 3.63) is 88.5 Å². The summed E-state index contributed by atoms with van der Waals surface area (Å²) in [6.45, 7) is 6.21. The number of aryl methyl sites for hydroxylation is 1. The number of fused-ring (bicyclic) bond motifs is 1. The van der Waals surface area contributed by atoms with Crippen LogP contribution in [-0.2, 0) is 32.7 Å². The highest BCUT2D eigenvalue weighted by Crippen LogP contribution is 2.41. The molecule has 1 aliphatic carbocycles.